The number of H-pyrrole nitrogens is 1. The van der Waals surface area contributed by atoms with Crippen molar-refractivity contribution in [3.05, 3.63) is 6.20 Å². The molecule has 1 saturated heterocycles. The van der Waals surface area contributed by atoms with Crippen LogP contribution in [0.5, 0.6) is 0 Å². The maximum absolute atomic E-state index is 5.93. The van der Waals surface area contributed by atoms with Gasteiger partial charge in [-0.2, -0.15) is 5.10 Å². The molecule has 1 saturated carbocycles. The fraction of sp³-hybridized carbons (Fsp3) is 0.750. The molecule has 2 aliphatic rings. The average Bonchev–Trinajstić information content (AvgIpc) is 2.75. The topological polar surface area (TPSA) is 57.9 Å². The normalized spacial score (nSPS) is 30.1. The number of hydrogen-bond donors (Lipinski definition) is 2. The Hall–Kier alpha value is -1.19. The first kappa shape index (κ1) is 10.00. The summed E-state index contributed by atoms with van der Waals surface area (Å²) in [6.07, 6.45) is 10.1. The van der Waals surface area contributed by atoms with Crippen molar-refractivity contribution < 1.29 is 0 Å². The molecule has 0 amide bonds. The van der Waals surface area contributed by atoms with Gasteiger partial charge >= 0.3 is 0 Å². The summed E-state index contributed by atoms with van der Waals surface area (Å²) in [5.41, 5.74) is 7.06. The molecule has 16 heavy (non-hydrogen) atoms. The zero-order valence-electron chi connectivity index (χ0n) is 9.65. The number of aromatic nitrogens is 2. The summed E-state index contributed by atoms with van der Waals surface area (Å²) in [6, 6.07) is 0.711. The van der Waals surface area contributed by atoms with Gasteiger partial charge in [-0.1, -0.05) is 12.8 Å². The summed E-state index contributed by atoms with van der Waals surface area (Å²) >= 11 is 0. The number of nitrogen functional groups attached to an aromatic ring is 1. The van der Waals surface area contributed by atoms with E-state index in [2.05, 4.69) is 15.1 Å². The summed E-state index contributed by atoms with van der Waals surface area (Å²) in [5, 5.41) is 6.89. The van der Waals surface area contributed by atoms with Gasteiger partial charge in [0, 0.05) is 12.6 Å². The van der Waals surface area contributed by atoms with Crippen molar-refractivity contribution in [2.45, 2.75) is 44.6 Å². The Balaban J connectivity index is 1.86. The van der Waals surface area contributed by atoms with Crippen molar-refractivity contribution in [2.24, 2.45) is 5.92 Å². The predicted molar refractivity (Wildman–Crippen MR) is 65.3 cm³/mol. The molecule has 2 fully saturated rings. The Morgan fingerprint density at radius 1 is 1.25 bits per heavy atom. The van der Waals surface area contributed by atoms with E-state index >= 15 is 0 Å². The molecule has 1 aromatic rings. The lowest BCUT2D eigenvalue weighted by Gasteiger charge is -2.45. The van der Waals surface area contributed by atoms with E-state index in [1.165, 1.54) is 38.5 Å². The van der Waals surface area contributed by atoms with E-state index < -0.39 is 0 Å². The fourth-order valence-electron chi connectivity index (χ4n) is 3.44. The van der Waals surface area contributed by atoms with Crippen molar-refractivity contribution in [1.29, 1.82) is 0 Å². The molecule has 0 radical (unpaired) electrons. The van der Waals surface area contributed by atoms with Crippen molar-refractivity contribution in [3.8, 4) is 0 Å². The van der Waals surface area contributed by atoms with Gasteiger partial charge in [-0.3, -0.25) is 5.10 Å². The highest BCUT2D eigenvalue weighted by atomic mass is 15.3. The van der Waals surface area contributed by atoms with E-state index in [9.17, 15) is 0 Å². The molecule has 3 rings (SSSR count). The Bertz CT molecular complexity index is 358. The van der Waals surface area contributed by atoms with E-state index in [1.807, 2.05) is 6.20 Å². The predicted octanol–water partition coefficient (Wildman–Crippen LogP) is 2.15. The molecular formula is C12H20N4. The van der Waals surface area contributed by atoms with Gasteiger partial charge in [0.2, 0.25) is 0 Å². The third-order valence-electron chi connectivity index (χ3n) is 4.20. The molecule has 0 bridgehead atoms. The smallest absolute Gasteiger partial charge is 0.142 e. The molecule has 1 aliphatic heterocycles. The van der Waals surface area contributed by atoms with Crippen molar-refractivity contribution in [3.63, 3.8) is 0 Å². The van der Waals surface area contributed by atoms with Crippen LogP contribution in [-0.4, -0.2) is 22.8 Å². The van der Waals surface area contributed by atoms with Crippen LogP contribution in [0.3, 0.4) is 0 Å². The fourth-order valence-corrected chi connectivity index (χ4v) is 3.44. The second-order valence-electron chi connectivity index (χ2n) is 5.12. The van der Waals surface area contributed by atoms with Crippen LogP contribution >= 0.6 is 0 Å². The molecule has 2 heterocycles. The van der Waals surface area contributed by atoms with Crippen LogP contribution in [-0.2, 0) is 0 Å². The summed E-state index contributed by atoms with van der Waals surface area (Å²) in [6.45, 7) is 1.14. The average molecular weight is 220 g/mol. The maximum atomic E-state index is 5.93. The summed E-state index contributed by atoms with van der Waals surface area (Å²) in [7, 11) is 0. The monoisotopic (exact) mass is 220 g/mol. The minimum Gasteiger partial charge on any atom is -0.382 e. The number of hydrogen-bond acceptors (Lipinski definition) is 3. The number of nitrogens with two attached hydrogens (primary N) is 1. The molecular weight excluding hydrogens is 200 g/mol. The summed E-state index contributed by atoms with van der Waals surface area (Å²) < 4.78 is 0. The van der Waals surface area contributed by atoms with Crippen molar-refractivity contribution >= 4 is 11.5 Å². The zero-order valence-corrected chi connectivity index (χ0v) is 9.65. The lowest BCUT2D eigenvalue weighted by molar-refractivity contribution is 0.244. The largest absolute Gasteiger partial charge is 0.382 e. The molecule has 2 atom stereocenters. The quantitative estimate of drug-likeness (QED) is 0.762. The molecule has 3 N–H and O–H groups in total. The second-order valence-corrected chi connectivity index (χ2v) is 5.12. The highest BCUT2D eigenvalue weighted by Gasteiger charge is 2.34. The third kappa shape index (κ3) is 1.56. The van der Waals surface area contributed by atoms with Crippen LogP contribution in [0, 0.1) is 5.92 Å². The van der Waals surface area contributed by atoms with Crippen LogP contribution < -0.4 is 10.6 Å². The lowest BCUT2D eigenvalue weighted by Crippen LogP contribution is -2.47. The van der Waals surface area contributed by atoms with E-state index in [1.54, 1.807) is 0 Å². The molecule has 2 unspecified atom stereocenters. The summed E-state index contributed by atoms with van der Waals surface area (Å²) in [5.74, 6) is 1.61. The number of nitrogens with one attached hydrogen (secondary N) is 1. The van der Waals surface area contributed by atoms with Crippen LogP contribution in [0.1, 0.15) is 38.5 Å². The highest BCUT2D eigenvalue weighted by molar-refractivity contribution is 5.63. The number of piperidine rings is 1. The van der Waals surface area contributed by atoms with Crippen LogP contribution in [0.2, 0.25) is 0 Å². The first-order valence-electron chi connectivity index (χ1n) is 6.42. The van der Waals surface area contributed by atoms with Gasteiger partial charge < -0.3 is 10.6 Å². The maximum Gasteiger partial charge on any atom is 0.142 e. The Labute approximate surface area is 96.2 Å². The molecule has 0 spiro atoms. The Morgan fingerprint density at radius 3 is 2.88 bits per heavy atom. The highest BCUT2D eigenvalue weighted by Crippen LogP contribution is 2.38. The third-order valence-corrected chi connectivity index (χ3v) is 4.20. The van der Waals surface area contributed by atoms with Gasteiger partial charge in [0.15, 0.2) is 0 Å². The molecule has 88 valence electrons. The molecule has 0 aromatic carbocycles. The standard InChI is InChI=1S/C12H20N4/c13-12-11(8-14-15-12)16-7-3-5-9-4-1-2-6-10(9)16/h8-10H,1-7H2,(H3,13,14,15). The molecule has 4 heteroatoms. The second kappa shape index (κ2) is 4.00. The SMILES string of the molecule is Nc1[nH]ncc1N1CCCC2CCCCC21. The first-order chi connectivity index (χ1) is 7.86. The number of anilines is 2. The lowest BCUT2D eigenvalue weighted by atomic mass is 9.78. The van der Waals surface area contributed by atoms with Crippen LogP contribution in [0.25, 0.3) is 0 Å². The number of nitrogens with zero attached hydrogens (tertiary/aromatic N) is 2. The summed E-state index contributed by atoms with van der Waals surface area (Å²) in [4.78, 5) is 2.49. The van der Waals surface area contributed by atoms with E-state index in [0.717, 1.165) is 24.0 Å². The van der Waals surface area contributed by atoms with Crippen LogP contribution in [0.15, 0.2) is 6.20 Å². The van der Waals surface area contributed by atoms with Gasteiger partial charge in [-0.15, -0.1) is 0 Å². The van der Waals surface area contributed by atoms with Gasteiger partial charge in [-0.25, -0.2) is 0 Å². The van der Waals surface area contributed by atoms with Crippen LogP contribution in [0.4, 0.5) is 11.5 Å². The van der Waals surface area contributed by atoms with Gasteiger partial charge in [0.1, 0.15) is 5.82 Å². The van der Waals surface area contributed by atoms with Gasteiger partial charge in [0.25, 0.3) is 0 Å². The minimum absolute atomic E-state index is 0.711. The minimum atomic E-state index is 0.711. The van der Waals surface area contributed by atoms with E-state index in [-0.39, 0.29) is 0 Å². The Kier molecular flexibility index (Phi) is 2.50. The molecule has 1 aliphatic carbocycles. The van der Waals surface area contributed by atoms with Crippen molar-refractivity contribution in [1.82, 2.24) is 10.2 Å². The van der Waals surface area contributed by atoms with Gasteiger partial charge in [-0.05, 0) is 31.6 Å². The van der Waals surface area contributed by atoms with Gasteiger partial charge in [0.05, 0.1) is 11.9 Å². The van der Waals surface area contributed by atoms with E-state index in [0.29, 0.717) is 6.04 Å². The van der Waals surface area contributed by atoms with E-state index in [4.69, 9.17) is 5.73 Å². The van der Waals surface area contributed by atoms with Crippen molar-refractivity contribution in [2.75, 3.05) is 17.2 Å². The number of aromatic amines is 1. The first-order valence-corrected chi connectivity index (χ1v) is 6.42. The Morgan fingerprint density at radius 2 is 2.06 bits per heavy atom. The number of rotatable bonds is 1. The molecule has 1 aromatic heterocycles. The molecule has 4 nitrogen and oxygen atoms in total. The number of fused-ring (bicyclic) bond motifs is 1. The zero-order chi connectivity index (χ0) is 11.0.